The molecule has 0 atom stereocenters. The van der Waals surface area contributed by atoms with Crippen molar-refractivity contribution in [2.75, 3.05) is 14.2 Å². The van der Waals surface area contributed by atoms with Gasteiger partial charge in [-0.3, -0.25) is 0 Å². The molecule has 0 radical (unpaired) electrons. The average molecular weight is 497 g/mol. The van der Waals surface area contributed by atoms with Crippen molar-refractivity contribution in [2.24, 2.45) is 17.8 Å². The summed E-state index contributed by atoms with van der Waals surface area (Å²) in [5, 5.41) is 0. The Balaban J connectivity index is 1.40. The number of hydrogen-bond acceptors (Lipinski definition) is 3. The maximum atomic E-state index is 5.82. The fourth-order valence-corrected chi connectivity index (χ4v) is 16.0. The van der Waals surface area contributed by atoms with Crippen molar-refractivity contribution < 1.29 is 30.0 Å². The maximum absolute atomic E-state index is 5.82. The third-order valence-electron chi connectivity index (χ3n) is 8.72. The predicted octanol–water partition coefficient (Wildman–Crippen LogP) is 5.62. The van der Waals surface area contributed by atoms with E-state index < -0.39 is 20.6 Å². The SMILES string of the molecule is COc1ccc2c(c1)-c1cc(OC)c[c]([Zr]([CH3])([CH3])[NH]C34CC5CC(CC(C5)C3)C4)c1C2. The molecule has 31 heavy (non-hydrogen) atoms. The van der Waals surface area contributed by atoms with Crippen LogP contribution in [0, 0.1) is 17.8 Å². The third-order valence-corrected chi connectivity index (χ3v) is 16.0. The summed E-state index contributed by atoms with van der Waals surface area (Å²) in [6, 6.07) is 11.2. The summed E-state index contributed by atoms with van der Waals surface area (Å²) in [4.78, 5) is 0. The Kier molecular flexibility index (Phi) is 4.75. The van der Waals surface area contributed by atoms with Gasteiger partial charge in [-0.2, -0.15) is 0 Å². The van der Waals surface area contributed by atoms with Gasteiger partial charge in [-0.15, -0.1) is 0 Å². The van der Waals surface area contributed by atoms with Crippen molar-refractivity contribution in [1.29, 1.82) is 0 Å². The van der Waals surface area contributed by atoms with Crippen LogP contribution < -0.4 is 16.0 Å². The number of ether oxygens (including phenoxy) is 2. The van der Waals surface area contributed by atoms with E-state index in [0.717, 1.165) is 35.7 Å². The molecule has 0 unspecified atom stereocenters. The van der Waals surface area contributed by atoms with E-state index in [1.807, 2.05) is 7.11 Å². The molecule has 0 spiro atoms. The van der Waals surface area contributed by atoms with Crippen LogP contribution in [0.2, 0.25) is 9.26 Å². The summed E-state index contributed by atoms with van der Waals surface area (Å²) < 4.78 is 22.6. The van der Waals surface area contributed by atoms with Crippen molar-refractivity contribution in [1.82, 2.24) is 3.26 Å². The number of nitrogens with one attached hydrogen (secondary N) is 1. The first-order chi connectivity index (χ1) is 14.9. The number of hydrogen-bond donors (Lipinski definition) is 1. The number of benzene rings is 2. The Labute approximate surface area is 191 Å². The molecular weight excluding hydrogens is 462 g/mol. The minimum absolute atomic E-state index is 0.416. The van der Waals surface area contributed by atoms with E-state index in [0.29, 0.717) is 5.54 Å². The number of fused-ring (bicyclic) bond motifs is 3. The second kappa shape index (κ2) is 7.19. The fourth-order valence-electron chi connectivity index (χ4n) is 8.02. The van der Waals surface area contributed by atoms with Gasteiger partial charge in [0.2, 0.25) is 0 Å². The molecule has 0 aromatic heterocycles. The van der Waals surface area contributed by atoms with Gasteiger partial charge < -0.3 is 0 Å². The van der Waals surface area contributed by atoms with Crippen LogP contribution in [-0.2, 0) is 27.0 Å². The molecule has 4 heteroatoms. The molecule has 2 aromatic carbocycles. The van der Waals surface area contributed by atoms with Crippen LogP contribution in [0.1, 0.15) is 49.7 Å². The molecule has 7 rings (SSSR count). The molecule has 2 aromatic rings. The second-order valence-electron chi connectivity index (χ2n) is 11.3. The van der Waals surface area contributed by atoms with Crippen molar-refractivity contribution >= 4 is 3.27 Å². The van der Waals surface area contributed by atoms with Gasteiger partial charge >= 0.3 is 192 Å². The molecule has 0 amide bonds. The summed E-state index contributed by atoms with van der Waals surface area (Å²) in [6.07, 6.45) is 9.80. The molecule has 0 saturated heterocycles. The van der Waals surface area contributed by atoms with Crippen molar-refractivity contribution in [3.8, 4) is 22.6 Å². The van der Waals surface area contributed by atoms with Gasteiger partial charge in [0, 0.05) is 0 Å². The topological polar surface area (TPSA) is 30.5 Å². The molecule has 5 aliphatic carbocycles. The first-order valence-corrected chi connectivity index (χ1v) is 19.4. The van der Waals surface area contributed by atoms with Crippen LogP contribution >= 0.6 is 0 Å². The Hall–Kier alpha value is -1.12. The van der Waals surface area contributed by atoms with E-state index in [4.69, 9.17) is 9.47 Å². The molecule has 5 aliphatic rings. The minimum atomic E-state index is -2.81. The summed E-state index contributed by atoms with van der Waals surface area (Å²) in [6.45, 7) is 0. The Morgan fingerprint density at radius 3 is 2.06 bits per heavy atom. The van der Waals surface area contributed by atoms with Crippen LogP contribution in [0.4, 0.5) is 0 Å². The Morgan fingerprint density at radius 2 is 1.45 bits per heavy atom. The standard InChI is InChI=1S/C15H13O2.C10H16N.2CH3.Zr/c1-16-12-5-3-10-7-11-4-6-13(17-2)9-15(11)14(10)8-12;11-10-4-7-1-8(5-10)3-9(2-7)6-10;;;/h3,5-6,8-9H,7H2,1-2H3;7-9,11H,1-6H2;2*1H3;/q;-1;;;+1. The van der Waals surface area contributed by atoms with Crippen molar-refractivity contribution in [3.05, 3.63) is 41.5 Å². The van der Waals surface area contributed by atoms with E-state index in [-0.39, 0.29) is 0 Å². The van der Waals surface area contributed by atoms with Crippen LogP contribution in [0.15, 0.2) is 30.3 Å². The van der Waals surface area contributed by atoms with E-state index in [2.05, 4.69) is 42.9 Å². The summed E-state index contributed by atoms with van der Waals surface area (Å²) in [5.41, 5.74) is 6.06. The molecule has 3 nitrogen and oxygen atoms in total. The molecule has 4 fully saturated rings. The zero-order valence-corrected chi connectivity index (χ0v) is 21.8. The normalized spacial score (nSPS) is 30.3. The van der Waals surface area contributed by atoms with Crippen molar-refractivity contribution in [3.63, 3.8) is 0 Å². The van der Waals surface area contributed by atoms with Crippen LogP contribution in [0.25, 0.3) is 11.1 Å². The molecule has 4 bridgehead atoms. The fraction of sp³-hybridized carbons (Fsp3) is 0.556. The molecular formula is C27H35NO2Zr. The molecule has 1 N–H and O–H groups in total. The summed E-state index contributed by atoms with van der Waals surface area (Å²) in [7, 11) is 3.56. The van der Waals surface area contributed by atoms with Crippen LogP contribution in [0.5, 0.6) is 11.5 Å². The van der Waals surface area contributed by atoms with Gasteiger partial charge in [-0.1, -0.05) is 0 Å². The van der Waals surface area contributed by atoms with E-state index >= 15 is 0 Å². The van der Waals surface area contributed by atoms with Gasteiger partial charge in [-0.05, 0) is 0 Å². The van der Waals surface area contributed by atoms with Gasteiger partial charge in [0.15, 0.2) is 0 Å². The number of methoxy groups -OCH3 is 2. The average Bonchev–Trinajstić information content (AvgIpc) is 3.08. The van der Waals surface area contributed by atoms with Gasteiger partial charge in [0.1, 0.15) is 0 Å². The van der Waals surface area contributed by atoms with Gasteiger partial charge in [-0.25, -0.2) is 0 Å². The molecule has 164 valence electrons. The quantitative estimate of drug-likeness (QED) is 0.497. The molecule has 0 aliphatic heterocycles. The zero-order valence-electron chi connectivity index (χ0n) is 19.4. The van der Waals surface area contributed by atoms with E-state index in [1.54, 1.807) is 15.9 Å². The van der Waals surface area contributed by atoms with Crippen molar-refractivity contribution in [2.45, 2.75) is 59.7 Å². The Bertz CT molecular complexity index is 1010. The summed E-state index contributed by atoms with van der Waals surface area (Å²) >= 11 is -2.81. The predicted molar refractivity (Wildman–Crippen MR) is 123 cm³/mol. The van der Waals surface area contributed by atoms with Crippen LogP contribution in [-0.4, -0.2) is 19.8 Å². The monoisotopic (exact) mass is 495 g/mol. The van der Waals surface area contributed by atoms with E-state index in [9.17, 15) is 0 Å². The summed E-state index contributed by atoms with van der Waals surface area (Å²) in [5.74, 6) is 4.88. The first-order valence-electron chi connectivity index (χ1n) is 12.1. The first kappa shape index (κ1) is 20.5. The third kappa shape index (κ3) is 3.35. The van der Waals surface area contributed by atoms with Gasteiger partial charge in [0.25, 0.3) is 0 Å². The zero-order chi connectivity index (χ0) is 21.4. The van der Waals surface area contributed by atoms with E-state index in [1.165, 1.54) is 55.2 Å². The Morgan fingerprint density at radius 1 is 0.839 bits per heavy atom. The van der Waals surface area contributed by atoms with Crippen LogP contribution in [0.3, 0.4) is 0 Å². The van der Waals surface area contributed by atoms with Gasteiger partial charge in [0.05, 0.1) is 0 Å². The molecule has 4 saturated carbocycles. The second-order valence-corrected chi connectivity index (χ2v) is 21.3. The number of rotatable bonds is 5. The molecule has 0 heterocycles.